The van der Waals surface area contributed by atoms with Gasteiger partial charge in [0.05, 0.1) is 11.6 Å². The summed E-state index contributed by atoms with van der Waals surface area (Å²) in [4.78, 5) is 17.8. The van der Waals surface area contributed by atoms with Crippen molar-refractivity contribution in [3.63, 3.8) is 0 Å². The number of carbonyl (C=O) groups excluding carboxylic acids is 1. The van der Waals surface area contributed by atoms with E-state index >= 15 is 0 Å². The molecule has 1 aromatic heterocycles. The molecule has 1 aromatic carbocycles. The van der Waals surface area contributed by atoms with Crippen LogP contribution in [0.1, 0.15) is 28.4 Å². The van der Waals surface area contributed by atoms with Crippen LogP contribution in [0.3, 0.4) is 0 Å². The summed E-state index contributed by atoms with van der Waals surface area (Å²) in [5, 5.41) is 4.05. The van der Waals surface area contributed by atoms with E-state index in [0.29, 0.717) is 13.1 Å². The minimum absolute atomic E-state index is 0.0564. The Bertz CT molecular complexity index is 652. The van der Waals surface area contributed by atoms with Gasteiger partial charge in [0.25, 0.3) is 5.91 Å². The number of nitrogens with zero attached hydrogens (tertiary/aromatic N) is 4. The standard InChI is InChI=1S/C14H13F3N4O/c15-14(16,17)11-3-1-10(2-4-11)13(22)20-6-5-12(7-20)21-9-18-8-19-21/h1-4,8-9,12H,5-7H2/t12-/m1/s1. The molecule has 2 heterocycles. The van der Waals surface area contributed by atoms with E-state index in [4.69, 9.17) is 0 Å². The Morgan fingerprint density at radius 1 is 1.23 bits per heavy atom. The first kappa shape index (κ1) is 14.6. The second-order valence-electron chi connectivity index (χ2n) is 5.14. The average Bonchev–Trinajstić information content (AvgIpc) is 3.16. The van der Waals surface area contributed by atoms with Gasteiger partial charge in [-0.25, -0.2) is 9.67 Å². The molecule has 5 nitrogen and oxygen atoms in total. The molecule has 8 heteroatoms. The van der Waals surface area contributed by atoms with Gasteiger partial charge in [-0.15, -0.1) is 0 Å². The minimum Gasteiger partial charge on any atom is -0.336 e. The van der Waals surface area contributed by atoms with Crippen molar-refractivity contribution in [2.24, 2.45) is 0 Å². The van der Waals surface area contributed by atoms with E-state index in [1.165, 1.54) is 18.5 Å². The fourth-order valence-corrected chi connectivity index (χ4v) is 2.53. The summed E-state index contributed by atoms with van der Waals surface area (Å²) in [6, 6.07) is 4.35. The highest BCUT2D eigenvalue weighted by atomic mass is 19.4. The molecule has 22 heavy (non-hydrogen) atoms. The minimum atomic E-state index is -4.40. The fraction of sp³-hybridized carbons (Fsp3) is 0.357. The van der Waals surface area contributed by atoms with E-state index in [2.05, 4.69) is 10.1 Å². The number of hydrogen-bond donors (Lipinski definition) is 0. The number of halogens is 3. The second-order valence-corrected chi connectivity index (χ2v) is 5.14. The van der Waals surface area contributed by atoms with Crippen LogP contribution >= 0.6 is 0 Å². The molecule has 116 valence electrons. The van der Waals surface area contributed by atoms with Crippen LogP contribution in [-0.4, -0.2) is 38.7 Å². The Morgan fingerprint density at radius 3 is 2.55 bits per heavy atom. The molecule has 0 N–H and O–H groups in total. The molecule has 0 bridgehead atoms. The van der Waals surface area contributed by atoms with Crippen molar-refractivity contribution in [3.05, 3.63) is 48.0 Å². The third-order valence-electron chi connectivity index (χ3n) is 3.72. The van der Waals surface area contributed by atoms with Crippen molar-refractivity contribution in [2.45, 2.75) is 18.6 Å². The van der Waals surface area contributed by atoms with Crippen molar-refractivity contribution in [1.82, 2.24) is 19.7 Å². The average molecular weight is 310 g/mol. The number of alkyl halides is 3. The largest absolute Gasteiger partial charge is 0.416 e. The number of benzene rings is 1. The van der Waals surface area contributed by atoms with Gasteiger partial charge in [-0.1, -0.05) is 0 Å². The van der Waals surface area contributed by atoms with E-state index in [-0.39, 0.29) is 17.5 Å². The summed E-state index contributed by atoms with van der Waals surface area (Å²) in [6.45, 7) is 1.02. The molecular formula is C14H13F3N4O. The molecule has 1 aliphatic heterocycles. The summed E-state index contributed by atoms with van der Waals surface area (Å²) in [7, 11) is 0. The van der Waals surface area contributed by atoms with Crippen molar-refractivity contribution in [3.8, 4) is 0 Å². The van der Waals surface area contributed by atoms with Gasteiger partial charge in [0.1, 0.15) is 12.7 Å². The summed E-state index contributed by atoms with van der Waals surface area (Å²) in [6.07, 6.45) is -0.625. The van der Waals surface area contributed by atoms with E-state index < -0.39 is 11.7 Å². The number of likely N-dealkylation sites (tertiary alicyclic amines) is 1. The van der Waals surface area contributed by atoms with E-state index in [0.717, 1.165) is 18.6 Å². The Kier molecular flexibility index (Phi) is 3.59. The highest BCUT2D eigenvalue weighted by molar-refractivity contribution is 5.94. The maximum absolute atomic E-state index is 12.5. The molecule has 0 radical (unpaired) electrons. The molecule has 0 aliphatic carbocycles. The lowest BCUT2D eigenvalue weighted by molar-refractivity contribution is -0.137. The molecule has 3 rings (SSSR count). The van der Waals surface area contributed by atoms with Crippen LogP contribution in [0.15, 0.2) is 36.9 Å². The van der Waals surface area contributed by atoms with Crippen LogP contribution in [0.25, 0.3) is 0 Å². The molecule has 2 aromatic rings. The van der Waals surface area contributed by atoms with Crippen LogP contribution in [0.2, 0.25) is 0 Å². The summed E-state index contributed by atoms with van der Waals surface area (Å²) in [5.74, 6) is -0.267. The van der Waals surface area contributed by atoms with Crippen LogP contribution in [0.5, 0.6) is 0 Å². The summed E-state index contributed by atoms with van der Waals surface area (Å²) in [5.41, 5.74) is -0.502. The van der Waals surface area contributed by atoms with Gasteiger partial charge in [-0.2, -0.15) is 18.3 Å². The molecule has 0 spiro atoms. The number of aromatic nitrogens is 3. The normalized spacial score (nSPS) is 18.7. The molecule has 0 unspecified atom stereocenters. The molecule has 0 saturated carbocycles. The van der Waals surface area contributed by atoms with Crippen molar-refractivity contribution in [1.29, 1.82) is 0 Å². The van der Waals surface area contributed by atoms with Crippen molar-refractivity contribution >= 4 is 5.91 Å². The molecule has 1 atom stereocenters. The maximum Gasteiger partial charge on any atom is 0.416 e. The monoisotopic (exact) mass is 310 g/mol. The van der Waals surface area contributed by atoms with Gasteiger partial charge in [0.2, 0.25) is 0 Å². The van der Waals surface area contributed by atoms with E-state index in [1.807, 2.05) is 0 Å². The zero-order valence-corrected chi connectivity index (χ0v) is 11.5. The van der Waals surface area contributed by atoms with Gasteiger partial charge in [-0.3, -0.25) is 4.79 Å². The third kappa shape index (κ3) is 2.81. The highest BCUT2D eigenvalue weighted by Gasteiger charge is 2.31. The predicted octanol–water partition coefficient (Wildman–Crippen LogP) is 2.38. The quantitative estimate of drug-likeness (QED) is 0.856. The van der Waals surface area contributed by atoms with Gasteiger partial charge in [0, 0.05) is 18.7 Å². The van der Waals surface area contributed by atoms with E-state index in [1.54, 1.807) is 15.9 Å². The SMILES string of the molecule is O=C(c1ccc(C(F)(F)F)cc1)N1CC[C@@H](n2cncn2)C1. The number of hydrogen-bond acceptors (Lipinski definition) is 3. The Labute approximate surface area is 124 Å². The summed E-state index contributed by atoms with van der Waals surface area (Å²) < 4.78 is 39.3. The fourth-order valence-electron chi connectivity index (χ4n) is 2.53. The molecule has 1 fully saturated rings. The van der Waals surface area contributed by atoms with Gasteiger partial charge in [-0.05, 0) is 30.7 Å². The Balaban J connectivity index is 1.70. The zero-order chi connectivity index (χ0) is 15.7. The number of amides is 1. The molecule has 1 amide bonds. The topological polar surface area (TPSA) is 51.0 Å². The van der Waals surface area contributed by atoms with Crippen LogP contribution in [0, 0.1) is 0 Å². The predicted molar refractivity (Wildman–Crippen MR) is 71.0 cm³/mol. The Hall–Kier alpha value is -2.38. The van der Waals surface area contributed by atoms with Crippen LogP contribution in [0.4, 0.5) is 13.2 Å². The van der Waals surface area contributed by atoms with Crippen molar-refractivity contribution < 1.29 is 18.0 Å². The van der Waals surface area contributed by atoms with Gasteiger partial charge < -0.3 is 4.90 Å². The van der Waals surface area contributed by atoms with Crippen LogP contribution < -0.4 is 0 Å². The van der Waals surface area contributed by atoms with Crippen LogP contribution in [-0.2, 0) is 6.18 Å². The first-order chi connectivity index (χ1) is 10.4. The first-order valence-electron chi connectivity index (χ1n) is 6.76. The smallest absolute Gasteiger partial charge is 0.336 e. The van der Waals surface area contributed by atoms with Gasteiger partial charge in [0.15, 0.2) is 0 Å². The highest BCUT2D eigenvalue weighted by Crippen LogP contribution is 2.29. The van der Waals surface area contributed by atoms with Crippen molar-refractivity contribution in [2.75, 3.05) is 13.1 Å². The first-order valence-corrected chi connectivity index (χ1v) is 6.76. The van der Waals surface area contributed by atoms with E-state index in [9.17, 15) is 18.0 Å². The lowest BCUT2D eigenvalue weighted by Gasteiger charge is -2.17. The number of rotatable bonds is 2. The number of carbonyl (C=O) groups is 1. The molecule has 1 aliphatic rings. The lowest BCUT2D eigenvalue weighted by atomic mass is 10.1. The molecule has 1 saturated heterocycles. The second kappa shape index (κ2) is 5.43. The summed E-state index contributed by atoms with van der Waals surface area (Å²) >= 11 is 0. The molecular weight excluding hydrogens is 297 g/mol. The lowest BCUT2D eigenvalue weighted by Crippen LogP contribution is -2.29. The zero-order valence-electron chi connectivity index (χ0n) is 11.5. The third-order valence-corrected chi connectivity index (χ3v) is 3.72. The Morgan fingerprint density at radius 2 is 1.95 bits per heavy atom. The van der Waals surface area contributed by atoms with Gasteiger partial charge >= 0.3 is 6.18 Å². The maximum atomic E-state index is 12.5.